The van der Waals surface area contributed by atoms with Crippen LogP contribution in [-0.2, 0) is 14.3 Å². The second kappa shape index (κ2) is 5.28. The van der Waals surface area contributed by atoms with Crippen LogP contribution in [0, 0.1) is 0 Å². The lowest BCUT2D eigenvalue weighted by molar-refractivity contribution is -0.120. The summed E-state index contributed by atoms with van der Waals surface area (Å²) < 4.78 is 10.6. The number of rotatable bonds is 4. The van der Waals surface area contributed by atoms with Crippen LogP contribution in [0.5, 0.6) is 0 Å². The van der Waals surface area contributed by atoms with E-state index in [1.807, 2.05) is 30.3 Å². The molecule has 19 heavy (non-hydrogen) atoms. The van der Waals surface area contributed by atoms with Crippen molar-refractivity contribution in [2.75, 3.05) is 14.2 Å². The Labute approximate surface area is 112 Å². The fourth-order valence-corrected chi connectivity index (χ4v) is 2.15. The Morgan fingerprint density at radius 3 is 2.42 bits per heavy atom. The van der Waals surface area contributed by atoms with Crippen LogP contribution in [-0.4, -0.2) is 31.2 Å². The molecule has 0 saturated heterocycles. The lowest BCUT2D eigenvalue weighted by atomic mass is 9.87. The number of aliphatic hydroxyl groups is 1. The molecule has 1 atom stereocenters. The molecule has 0 heterocycles. The maximum atomic E-state index is 11.0. The number of carbonyl (C=O) groups is 1. The molecule has 0 amide bonds. The number of hydrogen-bond donors (Lipinski definition) is 1. The number of allylic oxidation sites excluding steroid dienone is 1. The van der Waals surface area contributed by atoms with E-state index in [1.165, 1.54) is 20.3 Å². The van der Waals surface area contributed by atoms with Crippen LogP contribution in [0.3, 0.4) is 0 Å². The lowest BCUT2D eigenvalue weighted by Gasteiger charge is -2.28. The van der Waals surface area contributed by atoms with Crippen LogP contribution in [0.25, 0.3) is 5.57 Å². The fourth-order valence-electron chi connectivity index (χ4n) is 2.15. The topological polar surface area (TPSA) is 55.8 Å². The van der Waals surface area contributed by atoms with Gasteiger partial charge in [-0.15, -0.1) is 0 Å². The van der Waals surface area contributed by atoms with E-state index >= 15 is 0 Å². The second-order valence-corrected chi connectivity index (χ2v) is 4.37. The Balaban J connectivity index is 2.56. The normalized spacial score (nSPS) is 22.8. The van der Waals surface area contributed by atoms with Crippen molar-refractivity contribution in [2.24, 2.45) is 0 Å². The average Bonchev–Trinajstić information content (AvgIpc) is 2.47. The van der Waals surface area contributed by atoms with Crippen LogP contribution >= 0.6 is 0 Å². The molecular formula is C15H16O4. The largest absolute Gasteiger partial charge is 0.500 e. The smallest absolute Gasteiger partial charge is 0.156 e. The highest BCUT2D eigenvalue weighted by atomic mass is 16.5. The molecule has 0 aliphatic heterocycles. The molecule has 1 aromatic carbocycles. The van der Waals surface area contributed by atoms with Gasteiger partial charge in [0.15, 0.2) is 6.29 Å². The summed E-state index contributed by atoms with van der Waals surface area (Å²) >= 11 is 0. The minimum atomic E-state index is -1.57. The number of hydrogen-bond acceptors (Lipinski definition) is 4. The van der Waals surface area contributed by atoms with Gasteiger partial charge in [-0.3, -0.25) is 4.79 Å². The van der Waals surface area contributed by atoms with E-state index in [2.05, 4.69) is 0 Å². The number of aldehydes is 1. The minimum Gasteiger partial charge on any atom is -0.500 e. The van der Waals surface area contributed by atoms with Gasteiger partial charge in [0, 0.05) is 6.42 Å². The van der Waals surface area contributed by atoms with Crippen molar-refractivity contribution >= 4 is 11.9 Å². The van der Waals surface area contributed by atoms with E-state index in [9.17, 15) is 9.90 Å². The molecule has 0 spiro atoms. The molecule has 4 nitrogen and oxygen atoms in total. The summed E-state index contributed by atoms with van der Waals surface area (Å²) in [4.78, 5) is 11.0. The van der Waals surface area contributed by atoms with Gasteiger partial charge >= 0.3 is 0 Å². The van der Waals surface area contributed by atoms with Crippen molar-refractivity contribution in [1.82, 2.24) is 0 Å². The van der Waals surface area contributed by atoms with E-state index in [0.717, 1.165) is 11.1 Å². The molecule has 1 aliphatic carbocycles. The Hall–Kier alpha value is -2.07. The quantitative estimate of drug-likeness (QED) is 0.840. The van der Waals surface area contributed by atoms with Gasteiger partial charge in [-0.05, 0) is 11.6 Å². The Morgan fingerprint density at radius 1 is 1.21 bits per heavy atom. The SMILES string of the molecule is COC1=CC(O)(C=O)CC(OC)=C1c1ccccc1. The first kappa shape index (κ1) is 13.4. The molecule has 0 fully saturated rings. The molecule has 100 valence electrons. The summed E-state index contributed by atoms with van der Waals surface area (Å²) in [7, 11) is 3.01. The molecule has 0 bridgehead atoms. The molecule has 0 saturated carbocycles. The van der Waals surface area contributed by atoms with Crippen LogP contribution < -0.4 is 0 Å². The van der Waals surface area contributed by atoms with Gasteiger partial charge < -0.3 is 14.6 Å². The van der Waals surface area contributed by atoms with E-state index in [4.69, 9.17) is 9.47 Å². The van der Waals surface area contributed by atoms with Crippen LogP contribution in [0.1, 0.15) is 12.0 Å². The zero-order valence-electron chi connectivity index (χ0n) is 10.9. The molecule has 1 aliphatic rings. The van der Waals surface area contributed by atoms with Gasteiger partial charge in [0.25, 0.3) is 0 Å². The first-order valence-corrected chi connectivity index (χ1v) is 5.92. The van der Waals surface area contributed by atoms with Crippen LogP contribution in [0.2, 0.25) is 0 Å². The Morgan fingerprint density at radius 2 is 1.89 bits per heavy atom. The van der Waals surface area contributed by atoms with Crippen molar-refractivity contribution in [1.29, 1.82) is 0 Å². The maximum Gasteiger partial charge on any atom is 0.156 e. The van der Waals surface area contributed by atoms with E-state index in [-0.39, 0.29) is 6.42 Å². The first-order chi connectivity index (χ1) is 9.13. The lowest BCUT2D eigenvalue weighted by Crippen LogP contribution is -2.32. The predicted octanol–water partition coefficient (Wildman–Crippen LogP) is 1.91. The summed E-state index contributed by atoms with van der Waals surface area (Å²) in [5.41, 5.74) is 0.104. The standard InChI is InChI=1S/C15H16O4/c1-18-12-8-15(17,10-16)9-13(19-2)14(12)11-6-4-3-5-7-11/h3-8,10,17H,9H2,1-2H3. The number of ether oxygens (including phenoxy) is 2. The van der Waals surface area contributed by atoms with Crippen molar-refractivity contribution in [3.63, 3.8) is 0 Å². The Kier molecular flexibility index (Phi) is 3.71. The van der Waals surface area contributed by atoms with Gasteiger partial charge in [0.1, 0.15) is 17.1 Å². The summed E-state index contributed by atoms with van der Waals surface area (Å²) in [6, 6.07) is 9.57. The van der Waals surface area contributed by atoms with Crippen molar-refractivity contribution in [3.05, 3.63) is 53.5 Å². The van der Waals surface area contributed by atoms with E-state index in [0.29, 0.717) is 17.8 Å². The van der Waals surface area contributed by atoms with Gasteiger partial charge in [-0.25, -0.2) is 0 Å². The molecule has 2 rings (SSSR count). The predicted molar refractivity (Wildman–Crippen MR) is 71.1 cm³/mol. The van der Waals surface area contributed by atoms with Gasteiger partial charge in [-0.1, -0.05) is 30.3 Å². The van der Waals surface area contributed by atoms with Gasteiger partial charge in [0.2, 0.25) is 0 Å². The van der Waals surface area contributed by atoms with Crippen LogP contribution in [0.4, 0.5) is 0 Å². The van der Waals surface area contributed by atoms with Gasteiger partial charge in [0.05, 0.1) is 19.8 Å². The highest BCUT2D eigenvalue weighted by Gasteiger charge is 2.34. The third kappa shape index (κ3) is 2.53. The molecule has 1 N–H and O–H groups in total. The third-order valence-corrected chi connectivity index (χ3v) is 3.08. The Bertz CT molecular complexity index is 530. The summed E-state index contributed by atoms with van der Waals surface area (Å²) in [6.45, 7) is 0. The second-order valence-electron chi connectivity index (χ2n) is 4.37. The maximum absolute atomic E-state index is 11.0. The van der Waals surface area contributed by atoms with E-state index in [1.54, 1.807) is 0 Å². The molecule has 1 aromatic rings. The molecule has 4 heteroatoms. The summed E-state index contributed by atoms with van der Waals surface area (Å²) in [5.74, 6) is 0.962. The molecular weight excluding hydrogens is 244 g/mol. The van der Waals surface area contributed by atoms with Crippen molar-refractivity contribution in [3.8, 4) is 0 Å². The van der Waals surface area contributed by atoms with Crippen LogP contribution in [0.15, 0.2) is 47.9 Å². The van der Waals surface area contributed by atoms with Crippen molar-refractivity contribution < 1.29 is 19.4 Å². The zero-order valence-corrected chi connectivity index (χ0v) is 10.9. The monoisotopic (exact) mass is 260 g/mol. The van der Waals surface area contributed by atoms with E-state index < -0.39 is 5.60 Å². The summed E-state index contributed by atoms with van der Waals surface area (Å²) in [6.07, 6.45) is 2.02. The average molecular weight is 260 g/mol. The fraction of sp³-hybridized carbons (Fsp3) is 0.267. The highest BCUT2D eigenvalue weighted by Crippen LogP contribution is 2.37. The molecule has 0 radical (unpaired) electrons. The minimum absolute atomic E-state index is 0.101. The zero-order chi connectivity index (χ0) is 13.9. The third-order valence-electron chi connectivity index (χ3n) is 3.08. The number of benzene rings is 1. The number of methoxy groups -OCH3 is 2. The summed E-state index contributed by atoms with van der Waals surface area (Å²) in [5, 5.41) is 10.1. The first-order valence-electron chi connectivity index (χ1n) is 5.92. The molecule has 1 unspecified atom stereocenters. The molecule has 0 aromatic heterocycles. The number of carbonyl (C=O) groups excluding carboxylic acids is 1. The highest BCUT2D eigenvalue weighted by molar-refractivity contribution is 5.83. The van der Waals surface area contributed by atoms with Crippen molar-refractivity contribution in [2.45, 2.75) is 12.0 Å². The van der Waals surface area contributed by atoms with Gasteiger partial charge in [-0.2, -0.15) is 0 Å².